The fourth-order valence-electron chi connectivity index (χ4n) is 4.34. The highest BCUT2D eigenvalue weighted by Crippen LogP contribution is 2.25. The molecule has 0 aliphatic carbocycles. The number of hydrogen-bond acceptors (Lipinski definition) is 7. The maximum Gasteiger partial charge on any atom is 0.329 e. The van der Waals surface area contributed by atoms with Crippen LogP contribution in [-0.4, -0.2) is 58.7 Å². The Balaban J connectivity index is 1.86. The smallest absolute Gasteiger partial charge is 0.329 e. The molecule has 9 heteroatoms. The summed E-state index contributed by atoms with van der Waals surface area (Å²) in [7, 11) is 0. The minimum Gasteiger partial charge on any atom is -0.460 e. The molecule has 2 aliphatic heterocycles. The van der Waals surface area contributed by atoms with Gasteiger partial charge in [0.25, 0.3) is 5.91 Å². The Morgan fingerprint density at radius 3 is 2.68 bits per heavy atom. The summed E-state index contributed by atoms with van der Waals surface area (Å²) in [6.07, 6.45) is 13.4. The third-order valence-corrected chi connectivity index (χ3v) is 6.28. The van der Waals surface area contributed by atoms with Crippen LogP contribution in [0.2, 0.25) is 0 Å². The molecule has 2 amide bonds. The van der Waals surface area contributed by atoms with Gasteiger partial charge in [-0.05, 0) is 37.8 Å². The standard InChI is InChI=1S/C28H35N3O6/c1-18(2)26-20(4)12-13-24(33)29-14-6-9-19(3)8-5-10-21(32)16-25-30-22(17-36-25)27(34)31-15-7-11-23(31)28(35)37-26/h5-6,8-10,12-13,17-18,20,23,26H,7,11,14-16H2,1-4H3,(H,29,33)/b9-6+,10-5+,13-12+,19-8+/t20-,23-,26-/m1/s1. The molecule has 3 rings (SSSR count). The molecule has 198 valence electrons. The van der Waals surface area contributed by atoms with E-state index >= 15 is 0 Å². The fraction of sp³-hybridized carbons (Fsp3) is 0.464. The van der Waals surface area contributed by atoms with Crippen molar-refractivity contribution in [3.05, 3.63) is 66.0 Å². The first-order chi connectivity index (χ1) is 17.7. The molecule has 9 nitrogen and oxygen atoms in total. The summed E-state index contributed by atoms with van der Waals surface area (Å²) in [5.41, 5.74) is 0.945. The number of cyclic esters (lactones) is 1. The number of aromatic nitrogens is 1. The summed E-state index contributed by atoms with van der Waals surface area (Å²) in [5, 5.41) is 2.78. The van der Waals surface area contributed by atoms with E-state index in [9.17, 15) is 19.2 Å². The first-order valence-electron chi connectivity index (χ1n) is 12.6. The summed E-state index contributed by atoms with van der Waals surface area (Å²) in [4.78, 5) is 56.5. The molecule has 0 radical (unpaired) electrons. The van der Waals surface area contributed by atoms with Crippen LogP contribution in [0.3, 0.4) is 0 Å². The molecular weight excluding hydrogens is 474 g/mol. The highest BCUT2D eigenvalue weighted by molar-refractivity contribution is 5.96. The Bertz CT molecular complexity index is 1130. The Kier molecular flexibility index (Phi) is 9.77. The largest absolute Gasteiger partial charge is 0.460 e. The lowest BCUT2D eigenvalue weighted by atomic mass is 9.94. The van der Waals surface area contributed by atoms with Crippen LogP contribution in [0.25, 0.3) is 0 Å². The number of carbonyl (C=O) groups is 4. The van der Waals surface area contributed by atoms with E-state index in [2.05, 4.69) is 10.3 Å². The molecule has 0 spiro atoms. The molecule has 2 bridgehead atoms. The van der Waals surface area contributed by atoms with Crippen LogP contribution >= 0.6 is 0 Å². The number of esters is 1. The van der Waals surface area contributed by atoms with Crippen molar-refractivity contribution in [2.24, 2.45) is 11.8 Å². The SMILES string of the molecule is CC1=C\C=C\C(=O)Cc2nc(co2)C(=O)N2CCC[C@@H]2C(=O)O[C@H](C(C)C)[C@H](C)/C=C/C(=O)NC\C=C\1. The van der Waals surface area contributed by atoms with Crippen LogP contribution in [0.5, 0.6) is 0 Å². The lowest BCUT2D eigenvalue weighted by Gasteiger charge is -2.29. The lowest BCUT2D eigenvalue weighted by molar-refractivity contribution is -0.158. The highest BCUT2D eigenvalue weighted by Gasteiger charge is 2.38. The molecule has 2 aliphatic rings. The number of ketones is 1. The predicted molar refractivity (Wildman–Crippen MR) is 137 cm³/mol. The van der Waals surface area contributed by atoms with E-state index in [1.165, 1.54) is 23.3 Å². The van der Waals surface area contributed by atoms with Crippen molar-refractivity contribution >= 4 is 23.6 Å². The first-order valence-corrected chi connectivity index (χ1v) is 12.6. The second kappa shape index (κ2) is 13.0. The van der Waals surface area contributed by atoms with Crippen LogP contribution in [-0.2, 0) is 25.5 Å². The van der Waals surface area contributed by atoms with E-state index in [-0.39, 0.29) is 41.5 Å². The molecule has 1 aromatic rings. The van der Waals surface area contributed by atoms with Gasteiger partial charge >= 0.3 is 5.97 Å². The Morgan fingerprint density at radius 1 is 1.14 bits per heavy atom. The second-order valence-corrected chi connectivity index (χ2v) is 9.71. The number of hydrogen-bond donors (Lipinski definition) is 1. The topological polar surface area (TPSA) is 119 Å². The average molecular weight is 510 g/mol. The van der Waals surface area contributed by atoms with E-state index in [0.717, 1.165) is 5.57 Å². The zero-order valence-electron chi connectivity index (χ0n) is 21.8. The molecule has 3 heterocycles. The summed E-state index contributed by atoms with van der Waals surface area (Å²) in [6, 6.07) is -0.735. The number of nitrogens with one attached hydrogen (secondary N) is 1. The minimum absolute atomic E-state index is 0.00589. The summed E-state index contributed by atoms with van der Waals surface area (Å²) < 4.78 is 11.2. The van der Waals surface area contributed by atoms with Crippen molar-refractivity contribution in [3.8, 4) is 0 Å². The Morgan fingerprint density at radius 2 is 1.92 bits per heavy atom. The van der Waals surface area contributed by atoms with Crippen molar-refractivity contribution in [1.29, 1.82) is 0 Å². The Labute approximate surface area is 217 Å². The van der Waals surface area contributed by atoms with Gasteiger partial charge in [0.15, 0.2) is 11.5 Å². The molecule has 1 N–H and O–H groups in total. The lowest BCUT2D eigenvalue weighted by Crippen LogP contribution is -2.44. The van der Waals surface area contributed by atoms with E-state index in [4.69, 9.17) is 9.15 Å². The summed E-state index contributed by atoms with van der Waals surface area (Å²) >= 11 is 0. The van der Waals surface area contributed by atoms with Crippen molar-refractivity contribution in [1.82, 2.24) is 15.2 Å². The van der Waals surface area contributed by atoms with Crippen LogP contribution in [0.1, 0.15) is 56.9 Å². The molecule has 0 aromatic carbocycles. The highest BCUT2D eigenvalue weighted by atomic mass is 16.5. The molecular formula is C28H35N3O6. The number of fused-ring (bicyclic) bond motifs is 3. The molecule has 0 unspecified atom stereocenters. The van der Waals surface area contributed by atoms with Gasteiger partial charge in [0.05, 0.1) is 6.42 Å². The normalized spacial score (nSPS) is 28.6. The van der Waals surface area contributed by atoms with Crippen molar-refractivity contribution in [2.45, 2.75) is 59.1 Å². The van der Waals surface area contributed by atoms with E-state index in [1.54, 1.807) is 18.2 Å². The fourth-order valence-corrected chi connectivity index (χ4v) is 4.34. The Hall–Kier alpha value is -3.75. The van der Waals surface area contributed by atoms with Gasteiger partial charge in [-0.25, -0.2) is 9.78 Å². The van der Waals surface area contributed by atoms with Gasteiger partial charge in [-0.1, -0.05) is 56.7 Å². The number of rotatable bonds is 1. The maximum atomic E-state index is 13.2. The quantitative estimate of drug-likeness (QED) is 0.577. The zero-order valence-corrected chi connectivity index (χ0v) is 21.8. The van der Waals surface area contributed by atoms with Crippen molar-refractivity contribution in [3.63, 3.8) is 0 Å². The van der Waals surface area contributed by atoms with Gasteiger partial charge in [-0.15, -0.1) is 0 Å². The van der Waals surface area contributed by atoms with Gasteiger partial charge in [0.1, 0.15) is 18.4 Å². The van der Waals surface area contributed by atoms with Crippen LogP contribution in [0.4, 0.5) is 0 Å². The maximum absolute atomic E-state index is 13.2. The van der Waals surface area contributed by atoms with Gasteiger partial charge in [0.2, 0.25) is 11.8 Å². The van der Waals surface area contributed by atoms with Crippen LogP contribution in [0, 0.1) is 11.8 Å². The van der Waals surface area contributed by atoms with Crippen molar-refractivity contribution < 1.29 is 28.3 Å². The third-order valence-electron chi connectivity index (χ3n) is 6.28. The molecule has 1 fully saturated rings. The van der Waals surface area contributed by atoms with Crippen molar-refractivity contribution in [2.75, 3.05) is 13.1 Å². The number of oxazole rings is 1. The second-order valence-electron chi connectivity index (χ2n) is 9.71. The monoisotopic (exact) mass is 509 g/mol. The molecule has 1 aromatic heterocycles. The number of allylic oxidation sites excluding steroid dienone is 5. The van der Waals surface area contributed by atoms with E-state index < -0.39 is 24.0 Å². The van der Waals surface area contributed by atoms with Crippen LogP contribution in [0.15, 0.2) is 58.8 Å². The van der Waals surface area contributed by atoms with Crippen LogP contribution < -0.4 is 5.32 Å². The minimum atomic E-state index is -0.735. The van der Waals surface area contributed by atoms with Gasteiger partial charge in [-0.2, -0.15) is 0 Å². The van der Waals surface area contributed by atoms with E-state index in [1.807, 2.05) is 39.8 Å². The number of ether oxygens (including phenoxy) is 1. The zero-order chi connectivity index (χ0) is 26.9. The van der Waals surface area contributed by atoms with Gasteiger partial charge < -0.3 is 19.4 Å². The summed E-state index contributed by atoms with van der Waals surface area (Å²) in [5.74, 6) is -1.50. The number of carbonyl (C=O) groups excluding carboxylic acids is 4. The molecule has 3 atom stereocenters. The third kappa shape index (κ3) is 7.87. The molecule has 0 saturated carbocycles. The predicted octanol–water partition coefficient (Wildman–Crippen LogP) is 3.34. The number of nitrogens with zero attached hydrogens (tertiary/aromatic N) is 2. The first kappa shape index (κ1) is 27.8. The molecule has 1 saturated heterocycles. The van der Waals surface area contributed by atoms with E-state index in [0.29, 0.717) is 25.9 Å². The average Bonchev–Trinajstić information content (AvgIpc) is 3.52. The summed E-state index contributed by atoms with van der Waals surface area (Å²) in [6.45, 7) is 8.39. The van der Waals surface area contributed by atoms with Gasteiger partial charge in [0, 0.05) is 19.0 Å². The molecule has 37 heavy (non-hydrogen) atoms. The van der Waals surface area contributed by atoms with Gasteiger partial charge in [-0.3, -0.25) is 14.4 Å². The number of amides is 2.